The van der Waals surface area contributed by atoms with Crippen LogP contribution in [0, 0.1) is 0 Å². The molecule has 2 atom stereocenters. The Morgan fingerprint density at radius 1 is 1.15 bits per heavy atom. The van der Waals surface area contributed by atoms with Crippen LogP contribution >= 0.6 is 0 Å². The van der Waals surface area contributed by atoms with E-state index in [0.717, 1.165) is 0 Å². The van der Waals surface area contributed by atoms with Crippen molar-refractivity contribution in [1.29, 1.82) is 0 Å². The van der Waals surface area contributed by atoms with Crippen LogP contribution in [-0.4, -0.2) is 33.1 Å². The van der Waals surface area contributed by atoms with Gasteiger partial charge in [-0.1, -0.05) is 18.2 Å². The minimum Gasteiger partial charge on any atom is -0.508 e. The van der Waals surface area contributed by atoms with E-state index < -0.39 is 18.8 Å². The first-order valence-corrected chi connectivity index (χ1v) is 3.91. The van der Waals surface area contributed by atoms with Crippen molar-refractivity contribution in [1.82, 2.24) is 0 Å². The first kappa shape index (κ1) is 9.98. The molecule has 0 heterocycles. The second kappa shape index (κ2) is 4.23. The number of hydrogen-bond acceptors (Lipinski definition) is 4. The molecule has 0 aromatic heterocycles. The monoisotopic (exact) mass is 184 g/mol. The van der Waals surface area contributed by atoms with Crippen LogP contribution in [0.4, 0.5) is 0 Å². The standard InChI is InChI=1S/C9H12O4/c10-5-8(12)9(13)6-3-1-2-4-7(6)11/h1-4,8-13H,5H2. The summed E-state index contributed by atoms with van der Waals surface area (Å²) in [4.78, 5) is 0. The Hall–Kier alpha value is -1.10. The van der Waals surface area contributed by atoms with Gasteiger partial charge < -0.3 is 20.4 Å². The maximum absolute atomic E-state index is 9.40. The minimum absolute atomic E-state index is 0.0949. The summed E-state index contributed by atoms with van der Waals surface area (Å²) in [6, 6.07) is 6.13. The van der Waals surface area contributed by atoms with Gasteiger partial charge in [-0.2, -0.15) is 0 Å². The summed E-state index contributed by atoms with van der Waals surface area (Å²) in [5.74, 6) is -0.0949. The molecule has 13 heavy (non-hydrogen) atoms. The van der Waals surface area contributed by atoms with Gasteiger partial charge in [0.15, 0.2) is 0 Å². The highest BCUT2D eigenvalue weighted by atomic mass is 16.4. The van der Waals surface area contributed by atoms with Crippen molar-refractivity contribution in [2.75, 3.05) is 6.61 Å². The fourth-order valence-electron chi connectivity index (χ4n) is 1.04. The SMILES string of the molecule is OCC(O)C(O)c1ccccc1O. The zero-order valence-corrected chi connectivity index (χ0v) is 6.96. The fourth-order valence-corrected chi connectivity index (χ4v) is 1.04. The average Bonchev–Trinajstić information content (AvgIpc) is 2.16. The highest BCUT2D eigenvalue weighted by Crippen LogP contribution is 2.25. The molecule has 0 aliphatic heterocycles. The van der Waals surface area contributed by atoms with Crippen LogP contribution < -0.4 is 0 Å². The van der Waals surface area contributed by atoms with E-state index in [-0.39, 0.29) is 11.3 Å². The van der Waals surface area contributed by atoms with Crippen molar-refractivity contribution in [3.63, 3.8) is 0 Å². The Kier molecular flexibility index (Phi) is 3.25. The Bertz CT molecular complexity index is 274. The van der Waals surface area contributed by atoms with E-state index >= 15 is 0 Å². The Labute approximate surface area is 75.7 Å². The third kappa shape index (κ3) is 2.18. The van der Waals surface area contributed by atoms with Crippen molar-refractivity contribution in [2.24, 2.45) is 0 Å². The third-order valence-electron chi connectivity index (χ3n) is 1.81. The lowest BCUT2D eigenvalue weighted by Gasteiger charge is -2.16. The second-order valence-electron chi connectivity index (χ2n) is 2.75. The van der Waals surface area contributed by atoms with Gasteiger partial charge in [0, 0.05) is 5.56 Å². The first-order valence-electron chi connectivity index (χ1n) is 3.91. The number of phenolic OH excluding ortho intramolecular Hbond substituents is 1. The molecule has 0 saturated carbocycles. The molecule has 0 fully saturated rings. The van der Waals surface area contributed by atoms with Crippen LogP contribution in [-0.2, 0) is 0 Å². The molecule has 0 aliphatic carbocycles. The maximum Gasteiger partial charge on any atom is 0.121 e. The molecule has 1 rings (SSSR count). The molecule has 0 amide bonds. The molecule has 2 unspecified atom stereocenters. The highest BCUT2D eigenvalue weighted by molar-refractivity contribution is 5.34. The van der Waals surface area contributed by atoms with E-state index in [4.69, 9.17) is 10.2 Å². The summed E-state index contributed by atoms with van der Waals surface area (Å²) in [5, 5.41) is 36.3. The van der Waals surface area contributed by atoms with Crippen LogP contribution in [0.1, 0.15) is 11.7 Å². The molecule has 4 heteroatoms. The number of para-hydroxylation sites is 1. The molecule has 72 valence electrons. The smallest absolute Gasteiger partial charge is 0.121 e. The van der Waals surface area contributed by atoms with Gasteiger partial charge in [-0.25, -0.2) is 0 Å². The van der Waals surface area contributed by atoms with Gasteiger partial charge in [-0.15, -0.1) is 0 Å². The number of rotatable bonds is 3. The highest BCUT2D eigenvalue weighted by Gasteiger charge is 2.19. The van der Waals surface area contributed by atoms with Crippen LogP contribution in [0.5, 0.6) is 5.75 Å². The summed E-state index contributed by atoms with van der Waals surface area (Å²) in [5.41, 5.74) is 0.212. The predicted octanol–water partition coefficient (Wildman–Crippen LogP) is -0.221. The summed E-state index contributed by atoms with van der Waals surface area (Å²) in [6.07, 6.45) is -2.53. The van der Waals surface area contributed by atoms with E-state index in [1.165, 1.54) is 12.1 Å². The molecule has 0 saturated heterocycles. The number of hydrogen-bond donors (Lipinski definition) is 4. The van der Waals surface area contributed by atoms with E-state index in [2.05, 4.69) is 0 Å². The largest absolute Gasteiger partial charge is 0.508 e. The van der Waals surface area contributed by atoms with Crippen LogP contribution in [0.25, 0.3) is 0 Å². The Balaban J connectivity index is 2.88. The number of aliphatic hydroxyl groups excluding tert-OH is 3. The molecular formula is C9H12O4. The number of benzene rings is 1. The lowest BCUT2D eigenvalue weighted by Crippen LogP contribution is -2.22. The third-order valence-corrected chi connectivity index (χ3v) is 1.81. The molecule has 4 N–H and O–H groups in total. The van der Waals surface area contributed by atoms with Gasteiger partial charge in [0.1, 0.15) is 18.0 Å². The molecule has 0 aliphatic rings. The number of aromatic hydroxyl groups is 1. The van der Waals surface area contributed by atoms with E-state index in [1.54, 1.807) is 12.1 Å². The van der Waals surface area contributed by atoms with E-state index in [9.17, 15) is 10.2 Å². The normalized spacial score (nSPS) is 15.3. The van der Waals surface area contributed by atoms with Gasteiger partial charge in [-0.3, -0.25) is 0 Å². The van der Waals surface area contributed by atoms with Crippen LogP contribution in [0.3, 0.4) is 0 Å². The zero-order chi connectivity index (χ0) is 9.84. The Morgan fingerprint density at radius 3 is 2.31 bits per heavy atom. The average molecular weight is 184 g/mol. The maximum atomic E-state index is 9.40. The van der Waals surface area contributed by atoms with Crippen molar-refractivity contribution in [3.05, 3.63) is 29.8 Å². The first-order chi connectivity index (χ1) is 6.16. The zero-order valence-electron chi connectivity index (χ0n) is 6.96. The molecular weight excluding hydrogens is 172 g/mol. The molecule has 0 bridgehead atoms. The van der Waals surface area contributed by atoms with Gasteiger partial charge in [-0.05, 0) is 6.07 Å². The second-order valence-corrected chi connectivity index (χ2v) is 2.75. The van der Waals surface area contributed by atoms with Crippen LogP contribution in [0.15, 0.2) is 24.3 Å². The topological polar surface area (TPSA) is 80.9 Å². The molecule has 4 nitrogen and oxygen atoms in total. The van der Waals surface area contributed by atoms with Crippen molar-refractivity contribution >= 4 is 0 Å². The predicted molar refractivity (Wildman–Crippen MR) is 46.2 cm³/mol. The minimum atomic E-state index is -1.27. The molecule has 1 aromatic rings. The van der Waals surface area contributed by atoms with E-state index in [0.29, 0.717) is 0 Å². The fraction of sp³-hybridized carbons (Fsp3) is 0.333. The van der Waals surface area contributed by atoms with Gasteiger partial charge in [0.2, 0.25) is 0 Å². The summed E-state index contributed by atoms with van der Waals surface area (Å²) in [7, 11) is 0. The summed E-state index contributed by atoms with van der Waals surface area (Å²) >= 11 is 0. The lowest BCUT2D eigenvalue weighted by molar-refractivity contribution is -0.0162. The molecule has 1 aromatic carbocycles. The van der Waals surface area contributed by atoms with Crippen LogP contribution in [0.2, 0.25) is 0 Å². The van der Waals surface area contributed by atoms with E-state index in [1.807, 2.05) is 0 Å². The molecule has 0 radical (unpaired) electrons. The van der Waals surface area contributed by atoms with Gasteiger partial charge in [0.05, 0.1) is 6.61 Å². The summed E-state index contributed by atoms with van der Waals surface area (Å²) in [6.45, 7) is -0.546. The van der Waals surface area contributed by atoms with Crippen molar-refractivity contribution < 1.29 is 20.4 Å². The van der Waals surface area contributed by atoms with Crippen molar-refractivity contribution in [3.8, 4) is 5.75 Å². The number of phenols is 1. The summed E-state index contributed by atoms with van der Waals surface area (Å²) < 4.78 is 0. The number of aliphatic hydroxyl groups is 3. The Morgan fingerprint density at radius 2 is 1.77 bits per heavy atom. The lowest BCUT2D eigenvalue weighted by atomic mass is 10.0. The quantitative estimate of drug-likeness (QED) is 0.523. The van der Waals surface area contributed by atoms with Gasteiger partial charge >= 0.3 is 0 Å². The van der Waals surface area contributed by atoms with Gasteiger partial charge in [0.25, 0.3) is 0 Å². The van der Waals surface area contributed by atoms with Crippen molar-refractivity contribution in [2.45, 2.75) is 12.2 Å². The molecule has 0 spiro atoms.